The van der Waals surface area contributed by atoms with Gasteiger partial charge in [0.15, 0.2) is 0 Å². The predicted octanol–water partition coefficient (Wildman–Crippen LogP) is 3.51. The van der Waals surface area contributed by atoms with Crippen molar-refractivity contribution < 1.29 is 14.3 Å². The van der Waals surface area contributed by atoms with Gasteiger partial charge in [0, 0.05) is 30.1 Å². The third-order valence-corrected chi connectivity index (χ3v) is 6.53. The molecule has 0 unspecified atom stereocenters. The number of amides is 2. The monoisotopic (exact) mass is 384 g/mol. The van der Waals surface area contributed by atoms with Gasteiger partial charge >= 0.3 is 0 Å². The second-order valence-electron chi connectivity index (χ2n) is 7.08. The van der Waals surface area contributed by atoms with Crippen LogP contribution in [0.5, 0.6) is 0 Å². The zero-order chi connectivity index (χ0) is 18.8. The van der Waals surface area contributed by atoms with Crippen LogP contribution in [0.2, 0.25) is 0 Å². The molecule has 0 spiro atoms. The molecule has 0 saturated carbocycles. The first-order valence-corrected chi connectivity index (χ1v) is 10.3. The molecule has 0 bridgehead atoms. The molecule has 2 fully saturated rings. The number of likely N-dealkylation sites (tertiary alicyclic amines) is 1. The number of thiophene rings is 1. The Balaban J connectivity index is 1.53. The van der Waals surface area contributed by atoms with Crippen LogP contribution >= 0.6 is 11.3 Å². The van der Waals surface area contributed by atoms with Gasteiger partial charge in [-0.25, -0.2) is 0 Å². The fraction of sp³-hybridized carbons (Fsp3) is 0.429. The van der Waals surface area contributed by atoms with Gasteiger partial charge in [-0.1, -0.05) is 18.2 Å². The van der Waals surface area contributed by atoms with Crippen LogP contribution in [0.15, 0.2) is 36.4 Å². The molecule has 1 aromatic carbocycles. The Labute approximate surface area is 163 Å². The first-order valence-electron chi connectivity index (χ1n) is 9.48. The van der Waals surface area contributed by atoms with Gasteiger partial charge in [0.25, 0.3) is 11.8 Å². The number of ether oxygens (including phenoxy) is 1. The number of hydrogen-bond donors (Lipinski definition) is 0. The third kappa shape index (κ3) is 3.64. The van der Waals surface area contributed by atoms with Gasteiger partial charge in [0.05, 0.1) is 24.1 Å². The summed E-state index contributed by atoms with van der Waals surface area (Å²) in [6, 6.07) is 11.7. The number of carbonyl (C=O) groups is 2. The minimum atomic E-state index is 0.0633. The molecule has 1 aromatic heterocycles. The molecule has 1 atom stereocenters. The zero-order valence-electron chi connectivity index (χ0n) is 15.5. The summed E-state index contributed by atoms with van der Waals surface area (Å²) in [6.07, 6.45) is 1.94. The van der Waals surface area contributed by atoms with Crippen LogP contribution in [0, 0.1) is 6.92 Å². The van der Waals surface area contributed by atoms with E-state index in [1.807, 2.05) is 53.1 Å². The molecule has 2 aromatic rings. The Morgan fingerprint density at radius 2 is 1.81 bits per heavy atom. The van der Waals surface area contributed by atoms with Crippen molar-refractivity contribution >= 4 is 23.2 Å². The smallest absolute Gasteiger partial charge is 0.264 e. The second kappa shape index (κ2) is 7.82. The van der Waals surface area contributed by atoms with Crippen molar-refractivity contribution in [3.63, 3.8) is 0 Å². The van der Waals surface area contributed by atoms with Crippen molar-refractivity contribution in [3.8, 4) is 0 Å². The van der Waals surface area contributed by atoms with E-state index in [1.165, 1.54) is 11.3 Å². The van der Waals surface area contributed by atoms with Crippen molar-refractivity contribution in [3.05, 3.63) is 57.3 Å². The number of morpholine rings is 1. The molecule has 6 heteroatoms. The van der Waals surface area contributed by atoms with E-state index >= 15 is 0 Å². The summed E-state index contributed by atoms with van der Waals surface area (Å²) in [5.74, 6) is 0.161. The molecule has 142 valence electrons. The van der Waals surface area contributed by atoms with Crippen molar-refractivity contribution in [1.29, 1.82) is 0 Å². The standard InChI is InChI=1S/C21H24N2O3S/c1-15-5-2-3-6-16(15)20(24)23-10-4-7-17(23)18-8-9-19(27-18)21(25)22-11-13-26-14-12-22/h2-3,5-6,8-9,17H,4,7,10-14H2,1H3/t17-/m0/s1. The lowest BCUT2D eigenvalue weighted by Crippen LogP contribution is -2.40. The van der Waals surface area contributed by atoms with E-state index in [-0.39, 0.29) is 17.9 Å². The highest BCUT2D eigenvalue weighted by atomic mass is 32.1. The van der Waals surface area contributed by atoms with E-state index in [0.29, 0.717) is 26.3 Å². The molecular weight excluding hydrogens is 360 g/mol. The van der Waals surface area contributed by atoms with E-state index in [9.17, 15) is 9.59 Å². The fourth-order valence-corrected chi connectivity index (χ4v) is 4.97. The van der Waals surface area contributed by atoms with E-state index in [4.69, 9.17) is 4.74 Å². The molecule has 5 nitrogen and oxygen atoms in total. The number of aryl methyl sites for hydroxylation is 1. The maximum Gasteiger partial charge on any atom is 0.264 e. The topological polar surface area (TPSA) is 49.9 Å². The maximum atomic E-state index is 13.1. The Bertz CT molecular complexity index is 841. The van der Waals surface area contributed by atoms with Crippen LogP contribution in [-0.2, 0) is 4.74 Å². The summed E-state index contributed by atoms with van der Waals surface area (Å²) >= 11 is 1.53. The summed E-state index contributed by atoms with van der Waals surface area (Å²) in [5.41, 5.74) is 1.77. The van der Waals surface area contributed by atoms with E-state index in [2.05, 4.69) is 0 Å². The first kappa shape index (κ1) is 18.2. The van der Waals surface area contributed by atoms with Crippen molar-refractivity contribution in [1.82, 2.24) is 9.80 Å². The lowest BCUT2D eigenvalue weighted by molar-refractivity contribution is 0.0306. The lowest BCUT2D eigenvalue weighted by atomic mass is 10.1. The van der Waals surface area contributed by atoms with Crippen LogP contribution in [0.3, 0.4) is 0 Å². The van der Waals surface area contributed by atoms with E-state index in [0.717, 1.165) is 40.3 Å². The van der Waals surface area contributed by atoms with Gasteiger partial charge in [-0.05, 0) is 43.5 Å². The first-order chi connectivity index (χ1) is 13.1. The van der Waals surface area contributed by atoms with Crippen LogP contribution in [-0.4, -0.2) is 54.5 Å². The van der Waals surface area contributed by atoms with Crippen molar-refractivity contribution in [2.24, 2.45) is 0 Å². The van der Waals surface area contributed by atoms with Crippen molar-refractivity contribution in [2.45, 2.75) is 25.8 Å². The fourth-order valence-electron chi connectivity index (χ4n) is 3.84. The maximum absolute atomic E-state index is 13.1. The van der Waals surface area contributed by atoms with Gasteiger partial charge in [-0.3, -0.25) is 9.59 Å². The van der Waals surface area contributed by atoms with Crippen LogP contribution < -0.4 is 0 Å². The normalized spacial score (nSPS) is 20.1. The van der Waals surface area contributed by atoms with Gasteiger partial charge in [-0.2, -0.15) is 0 Å². The molecule has 27 heavy (non-hydrogen) atoms. The minimum absolute atomic E-state index is 0.0633. The SMILES string of the molecule is Cc1ccccc1C(=O)N1CCC[C@H]1c1ccc(C(=O)N2CCOCC2)s1. The molecule has 2 aliphatic rings. The second-order valence-corrected chi connectivity index (χ2v) is 8.19. The number of hydrogen-bond acceptors (Lipinski definition) is 4. The summed E-state index contributed by atoms with van der Waals surface area (Å²) in [4.78, 5) is 31.5. The van der Waals surface area contributed by atoms with Crippen LogP contribution in [0.25, 0.3) is 0 Å². The minimum Gasteiger partial charge on any atom is -0.378 e. The molecule has 4 rings (SSSR count). The molecule has 0 aliphatic carbocycles. The molecule has 0 radical (unpaired) electrons. The van der Waals surface area contributed by atoms with Crippen LogP contribution in [0.4, 0.5) is 0 Å². The largest absolute Gasteiger partial charge is 0.378 e. The summed E-state index contributed by atoms with van der Waals surface area (Å²) in [7, 11) is 0. The van der Waals surface area contributed by atoms with Gasteiger partial charge in [0.2, 0.25) is 0 Å². The summed E-state index contributed by atoms with van der Waals surface area (Å²) in [5, 5.41) is 0. The molecule has 3 heterocycles. The number of carbonyl (C=O) groups excluding carboxylic acids is 2. The summed E-state index contributed by atoms with van der Waals surface area (Å²) < 4.78 is 5.33. The molecule has 2 amide bonds. The lowest BCUT2D eigenvalue weighted by Gasteiger charge is -2.26. The average molecular weight is 385 g/mol. The Morgan fingerprint density at radius 1 is 1.04 bits per heavy atom. The zero-order valence-corrected chi connectivity index (χ0v) is 16.3. The van der Waals surface area contributed by atoms with Crippen LogP contribution in [0.1, 0.15) is 49.4 Å². The number of benzene rings is 1. The molecule has 2 aliphatic heterocycles. The Morgan fingerprint density at radius 3 is 2.59 bits per heavy atom. The number of rotatable bonds is 3. The highest BCUT2D eigenvalue weighted by molar-refractivity contribution is 7.14. The molecule has 0 N–H and O–H groups in total. The highest BCUT2D eigenvalue weighted by Gasteiger charge is 2.32. The third-order valence-electron chi connectivity index (χ3n) is 5.35. The summed E-state index contributed by atoms with van der Waals surface area (Å²) in [6.45, 7) is 5.24. The van der Waals surface area contributed by atoms with E-state index in [1.54, 1.807) is 0 Å². The highest BCUT2D eigenvalue weighted by Crippen LogP contribution is 2.37. The predicted molar refractivity (Wildman–Crippen MR) is 105 cm³/mol. The molecular formula is C21H24N2O3S. The van der Waals surface area contributed by atoms with Gasteiger partial charge < -0.3 is 14.5 Å². The van der Waals surface area contributed by atoms with Gasteiger partial charge in [0.1, 0.15) is 0 Å². The van der Waals surface area contributed by atoms with E-state index < -0.39 is 0 Å². The quantitative estimate of drug-likeness (QED) is 0.814. The molecule has 2 saturated heterocycles. The number of nitrogens with zero attached hydrogens (tertiary/aromatic N) is 2. The van der Waals surface area contributed by atoms with Crippen molar-refractivity contribution in [2.75, 3.05) is 32.8 Å². The average Bonchev–Trinajstić information content (AvgIpc) is 3.37. The Kier molecular flexibility index (Phi) is 5.27. The van der Waals surface area contributed by atoms with Gasteiger partial charge in [-0.15, -0.1) is 11.3 Å². The Hall–Kier alpha value is -2.18.